The summed E-state index contributed by atoms with van der Waals surface area (Å²) in [7, 11) is 3.28. The molecule has 0 spiro atoms. The molecule has 3 rings (SSSR count). The molecule has 0 saturated heterocycles. The standard InChI is InChI=1S/C16H19N3O2/c1-20-14-7-6-11(8-15(14)21-2)9-17-16-12-4-3-5-13(12)18-10-19-16/h6-8,10H,3-5,9H2,1-2H3,(H,17,18,19). The third-order valence-electron chi connectivity index (χ3n) is 3.78. The number of aromatic nitrogens is 2. The minimum atomic E-state index is 0.698. The molecule has 1 aliphatic rings. The highest BCUT2D eigenvalue weighted by atomic mass is 16.5. The molecule has 0 bridgehead atoms. The molecule has 1 aromatic heterocycles. The number of benzene rings is 1. The van der Waals surface area contributed by atoms with E-state index in [0.717, 1.165) is 35.7 Å². The van der Waals surface area contributed by atoms with E-state index in [1.165, 1.54) is 17.7 Å². The summed E-state index contributed by atoms with van der Waals surface area (Å²) in [5, 5.41) is 3.40. The van der Waals surface area contributed by atoms with Gasteiger partial charge in [0, 0.05) is 17.8 Å². The lowest BCUT2D eigenvalue weighted by Crippen LogP contribution is -2.06. The number of aryl methyl sites for hydroxylation is 1. The Kier molecular flexibility index (Phi) is 3.90. The van der Waals surface area contributed by atoms with Gasteiger partial charge in [0.25, 0.3) is 0 Å². The Morgan fingerprint density at radius 1 is 1.10 bits per heavy atom. The molecule has 0 unspecified atom stereocenters. The van der Waals surface area contributed by atoms with Crippen molar-refractivity contribution in [3.63, 3.8) is 0 Å². The van der Waals surface area contributed by atoms with E-state index in [1.807, 2.05) is 18.2 Å². The highest BCUT2D eigenvalue weighted by Gasteiger charge is 2.16. The fourth-order valence-electron chi connectivity index (χ4n) is 2.69. The average molecular weight is 285 g/mol. The van der Waals surface area contributed by atoms with Crippen LogP contribution in [0.15, 0.2) is 24.5 Å². The second kappa shape index (κ2) is 5.99. The molecular formula is C16H19N3O2. The van der Waals surface area contributed by atoms with Gasteiger partial charge in [-0.2, -0.15) is 0 Å². The van der Waals surface area contributed by atoms with Crippen molar-refractivity contribution in [1.29, 1.82) is 0 Å². The molecule has 5 heteroatoms. The molecule has 0 fully saturated rings. The molecule has 21 heavy (non-hydrogen) atoms. The molecule has 1 N–H and O–H groups in total. The van der Waals surface area contributed by atoms with Crippen LogP contribution < -0.4 is 14.8 Å². The van der Waals surface area contributed by atoms with Crippen LogP contribution in [-0.2, 0) is 19.4 Å². The average Bonchev–Trinajstić information content (AvgIpc) is 3.01. The summed E-state index contributed by atoms with van der Waals surface area (Å²) in [5.41, 5.74) is 3.57. The van der Waals surface area contributed by atoms with Gasteiger partial charge in [-0.15, -0.1) is 0 Å². The van der Waals surface area contributed by atoms with Gasteiger partial charge in [-0.1, -0.05) is 6.07 Å². The Morgan fingerprint density at radius 3 is 2.76 bits per heavy atom. The highest BCUT2D eigenvalue weighted by molar-refractivity contribution is 5.49. The Morgan fingerprint density at radius 2 is 1.95 bits per heavy atom. The normalized spacial score (nSPS) is 12.9. The van der Waals surface area contributed by atoms with E-state index in [9.17, 15) is 0 Å². The van der Waals surface area contributed by atoms with Crippen molar-refractivity contribution in [3.05, 3.63) is 41.3 Å². The maximum Gasteiger partial charge on any atom is 0.161 e. The van der Waals surface area contributed by atoms with E-state index in [0.29, 0.717) is 6.54 Å². The lowest BCUT2D eigenvalue weighted by molar-refractivity contribution is 0.354. The van der Waals surface area contributed by atoms with Crippen LogP contribution in [0.2, 0.25) is 0 Å². The zero-order valence-electron chi connectivity index (χ0n) is 12.3. The van der Waals surface area contributed by atoms with Gasteiger partial charge >= 0.3 is 0 Å². The molecule has 110 valence electrons. The molecule has 0 amide bonds. The third-order valence-corrected chi connectivity index (χ3v) is 3.78. The number of methoxy groups -OCH3 is 2. The summed E-state index contributed by atoms with van der Waals surface area (Å²) in [6.45, 7) is 0.698. The Bertz CT molecular complexity index is 643. The maximum atomic E-state index is 5.32. The lowest BCUT2D eigenvalue weighted by Gasteiger charge is -2.12. The quantitative estimate of drug-likeness (QED) is 0.915. The van der Waals surface area contributed by atoms with Crippen molar-refractivity contribution in [1.82, 2.24) is 9.97 Å². The van der Waals surface area contributed by atoms with Gasteiger partial charge in [-0.3, -0.25) is 0 Å². The van der Waals surface area contributed by atoms with Crippen molar-refractivity contribution in [2.24, 2.45) is 0 Å². The van der Waals surface area contributed by atoms with Crippen molar-refractivity contribution >= 4 is 5.82 Å². The van der Waals surface area contributed by atoms with E-state index < -0.39 is 0 Å². The Labute approximate surface area is 124 Å². The minimum Gasteiger partial charge on any atom is -0.493 e. The van der Waals surface area contributed by atoms with Crippen LogP contribution >= 0.6 is 0 Å². The van der Waals surface area contributed by atoms with Crippen molar-refractivity contribution in [2.45, 2.75) is 25.8 Å². The number of anilines is 1. The summed E-state index contributed by atoms with van der Waals surface area (Å²) in [5.74, 6) is 2.43. The fraction of sp³-hybridized carbons (Fsp3) is 0.375. The maximum absolute atomic E-state index is 5.32. The van der Waals surface area contributed by atoms with Crippen LogP contribution in [0.3, 0.4) is 0 Å². The summed E-state index contributed by atoms with van der Waals surface area (Å²) < 4.78 is 10.6. The van der Waals surface area contributed by atoms with Gasteiger partial charge in [-0.05, 0) is 37.0 Å². The van der Waals surface area contributed by atoms with E-state index in [4.69, 9.17) is 9.47 Å². The van der Waals surface area contributed by atoms with Crippen LogP contribution in [0.5, 0.6) is 11.5 Å². The fourth-order valence-corrected chi connectivity index (χ4v) is 2.69. The smallest absolute Gasteiger partial charge is 0.161 e. The van der Waals surface area contributed by atoms with E-state index >= 15 is 0 Å². The monoisotopic (exact) mass is 285 g/mol. The number of nitrogens with one attached hydrogen (secondary N) is 1. The van der Waals surface area contributed by atoms with Crippen molar-refractivity contribution in [3.8, 4) is 11.5 Å². The topological polar surface area (TPSA) is 56.3 Å². The Hall–Kier alpha value is -2.30. The van der Waals surface area contributed by atoms with Crippen LogP contribution in [0.1, 0.15) is 23.2 Å². The first-order chi connectivity index (χ1) is 10.3. The molecule has 0 aliphatic heterocycles. The summed E-state index contributed by atoms with van der Waals surface area (Å²) in [6, 6.07) is 5.92. The van der Waals surface area contributed by atoms with Crippen molar-refractivity contribution in [2.75, 3.05) is 19.5 Å². The van der Waals surface area contributed by atoms with Gasteiger partial charge in [0.15, 0.2) is 11.5 Å². The second-order valence-corrected chi connectivity index (χ2v) is 5.04. The first-order valence-corrected chi connectivity index (χ1v) is 7.09. The molecule has 0 saturated carbocycles. The van der Waals surface area contributed by atoms with Gasteiger partial charge in [0.1, 0.15) is 12.1 Å². The summed E-state index contributed by atoms with van der Waals surface area (Å²) in [4.78, 5) is 8.70. The number of fused-ring (bicyclic) bond motifs is 1. The van der Waals surface area contributed by atoms with Gasteiger partial charge in [-0.25, -0.2) is 9.97 Å². The number of hydrogen-bond acceptors (Lipinski definition) is 5. The summed E-state index contributed by atoms with van der Waals surface area (Å²) in [6.07, 6.45) is 4.92. The van der Waals surface area contributed by atoms with E-state index in [2.05, 4.69) is 15.3 Å². The Balaban J connectivity index is 1.75. The first-order valence-electron chi connectivity index (χ1n) is 7.09. The molecule has 2 aromatic rings. The summed E-state index contributed by atoms with van der Waals surface area (Å²) >= 11 is 0. The van der Waals surface area contributed by atoms with E-state index in [1.54, 1.807) is 20.5 Å². The van der Waals surface area contributed by atoms with Crippen LogP contribution in [0.25, 0.3) is 0 Å². The molecule has 1 aliphatic carbocycles. The molecule has 1 heterocycles. The molecular weight excluding hydrogens is 266 g/mol. The third kappa shape index (κ3) is 2.77. The molecule has 0 atom stereocenters. The molecule has 0 radical (unpaired) electrons. The largest absolute Gasteiger partial charge is 0.493 e. The predicted octanol–water partition coefficient (Wildman–Crippen LogP) is 2.59. The van der Waals surface area contributed by atoms with Gasteiger partial charge in [0.05, 0.1) is 14.2 Å². The number of rotatable bonds is 5. The van der Waals surface area contributed by atoms with Gasteiger partial charge < -0.3 is 14.8 Å². The van der Waals surface area contributed by atoms with Gasteiger partial charge in [0.2, 0.25) is 0 Å². The molecule has 5 nitrogen and oxygen atoms in total. The zero-order chi connectivity index (χ0) is 14.7. The second-order valence-electron chi connectivity index (χ2n) is 5.04. The van der Waals surface area contributed by atoms with Crippen LogP contribution in [0, 0.1) is 0 Å². The first kappa shape index (κ1) is 13.7. The van der Waals surface area contributed by atoms with Crippen molar-refractivity contribution < 1.29 is 9.47 Å². The van der Waals surface area contributed by atoms with E-state index in [-0.39, 0.29) is 0 Å². The highest BCUT2D eigenvalue weighted by Crippen LogP contribution is 2.29. The minimum absolute atomic E-state index is 0.698. The lowest BCUT2D eigenvalue weighted by atomic mass is 10.2. The molecule has 1 aromatic carbocycles. The zero-order valence-corrected chi connectivity index (χ0v) is 12.3. The number of hydrogen-bond donors (Lipinski definition) is 1. The van der Waals surface area contributed by atoms with Crippen LogP contribution in [0.4, 0.5) is 5.82 Å². The number of nitrogens with zero attached hydrogens (tertiary/aromatic N) is 2. The predicted molar refractivity (Wildman–Crippen MR) is 80.9 cm³/mol. The van der Waals surface area contributed by atoms with Crippen LogP contribution in [-0.4, -0.2) is 24.2 Å². The SMILES string of the molecule is COc1ccc(CNc2ncnc3c2CCC3)cc1OC. The number of ether oxygens (including phenoxy) is 2.